The number of sulfonamides is 1. The lowest BCUT2D eigenvalue weighted by Crippen LogP contribution is -2.30. The lowest BCUT2D eigenvalue weighted by molar-refractivity contribution is -0.122. The molecule has 0 aliphatic heterocycles. The highest BCUT2D eigenvalue weighted by Gasteiger charge is 2.17. The van der Waals surface area contributed by atoms with Gasteiger partial charge in [0.1, 0.15) is 5.75 Å². The molecule has 6 nitrogen and oxygen atoms in total. The van der Waals surface area contributed by atoms with Gasteiger partial charge in [-0.05, 0) is 86.5 Å². The van der Waals surface area contributed by atoms with Crippen molar-refractivity contribution in [1.29, 1.82) is 0 Å². The normalized spacial score (nSPS) is 12.1. The van der Waals surface area contributed by atoms with Crippen molar-refractivity contribution < 1.29 is 17.9 Å². The fourth-order valence-corrected chi connectivity index (χ4v) is 4.23. The molecule has 0 spiro atoms. The van der Waals surface area contributed by atoms with Gasteiger partial charge < -0.3 is 10.1 Å². The monoisotopic (exact) mass is 458 g/mol. The van der Waals surface area contributed by atoms with Crippen LogP contribution in [0.3, 0.4) is 0 Å². The molecule has 0 unspecified atom stereocenters. The topological polar surface area (TPSA) is 84.5 Å². The Labute approximate surface area is 187 Å². The second kappa shape index (κ2) is 9.41. The van der Waals surface area contributed by atoms with Crippen molar-refractivity contribution in [1.82, 2.24) is 0 Å². The molecule has 0 heterocycles. The zero-order chi connectivity index (χ0) is 22.6. The van der Waals surface area contributed by atoms with Gasteiger partial charge in [0, 0.05) is 10.7 Å². The first-order valence-corrected chi connectivity index (χ1v) is 11.4. The Balaban J connectivity index is 1.64. The number of carbonyl (C=O) groups is 1. The van der Waals surface area contributed by atoms with Gasteiger partial charge in [0.25, 0.3) is 15.9 Å². The quantitative estimate of drug-likeness (QED) is 0.512. The van der Waals surface area contributed by atoms with E-state index in [4.69, 9.17) is 16.3 Å². The second-order valence-electron chi connectivity index (χ2n) is 7.21. The molecule has 31 heavy (non-hydrogen) atoms. The van der Waals surface area contributed by atoms with E-state index in [1.165, 1.54) is 30.3 Å². The average Bonchev–Trinajstić information content (AvgIpc) is 2.67. The molecule has 0 fully saturated rings. The van der Waals surface area contributed by atoms with Crippen molar-refractivity contribution in [2.24, 2.45) is 0 Å². The summed E-state index contributed by atoms with van der Waals surface area (Å²) in [4.78, 5) is 12.5. The van der Waals surface area contributed by atoms with E-state index in [1.54, 1.807) is 25.1 Å². The SMILES string of the molecule is Cc1cc(C)cc(O[C@H](C)C(=O)Nc2ccc(S(=O)(=O)Nc3cccc(Cl)c3)cc2)c1. The summed E-state index contributed by atoms with van der Waals surface area (Å²) in [6.07, 6.45) is -0.728. The van der Waals surface area contributed by atoms with Crippen molar-refractivity contribution in [3.63, 3.8) is 0 Å². The summed E-state index contributed by atoms with van der Waals surface area (Å²) in [7, 11) is -3.79. The summed E-state index contributed by atoms with van der Waals surface area (Å²) in [6.45, 7) is 5.57. The molecule has 3 aromatic carbocycles. The fourth-order valence-electron chi connectivity index (χ4n) is 2.99. The highest BCUT2D eigenvalue weighted by atomic mass is 35.5. The number of rotatable bonds is 7. The van der Waals surface area contributed by atoms with Crippen molar-refractivity contribution in [2.75, 3.05) is 10.0 Å². The summed E-state index contributed by atoms with van der Waals surface area (Å²) >= 11 is 5.90. The maximum Gasteiger partial charge on any atom is 0.265 e. The molecule has 1 atom stereocenters. The first-order valence-electron chi connectivity index (χ1n) is 9.57. The van der Waals surface area contributed by atoms with Crippen LogP contribution in [0.1, 0.15) is 18.1 Å². The van der Waals surface area contributed by atoms with Crippen LogP contribution in [0.15, 0.2) is 71.6 Å². The number of aryl methyl sites for hydroxylation is 2. The van der Waals surface area contributed by atoms with Crippen LogP contribution in [-0.2, 0) is 14.8 Å². The number of amides is 1. The number of anilines is 2. The number of ether oxygens (including phenoxy) is 1. The van der Waals surface area contributed by atoms with Gasteiger partial charge in [0.15, 0.2) is 6.10 Å². The molecule has 0 aromatic heterocycles. The molecule has 0 saturated heterocycles. The maximum absolute atomic E-state index is 12.6. The summed E-state index contributed by atoms with van der Waals surface area (Å²) in [5.74, 6) is 0.278. The number of hydrogen-bond donors (Lipinski definition) is 2. The van der Waals surface area contributed by atoms with E-state index in [-0.39, 0.29) is 10.8 Å². The fraction of sp³-hybridized carbons (Fsp3) is 0.174. The highest BCUT2D eigenvalue weighted by Crippen LogP contribution is 2.21. The first-order chi connectivity index (χ1) is 14.6. The molecular weight excluding hydrogens is 436 g/mol. The minimum absolute atomic E-state index is 0.0602. The smallest absolute Gasteiger partial charge is 0.265 e. The number of carbonyl (C=O) groups excluding carboxylic acids is 1. The molecular formula is C23H23ClN2O4S. The van der Waals surface area contributed by atoms with Crippen LogP contribution in [0.2, 0.25) is 5.02 Å². The molecule has 0 aliphatic rings. The zero-order valence-corrected chi connectivity index (χ0v) is 18.9. The third kappa shape index (κ3) is 6.23. The summed E-state index contributed by atoms with van der Waals surface area (Å²) in [5, 5.41) is 3.16. The Bertz CT molecular complexity index is 1170. The minimum atomic E-state index is -3.79. The minimum Gasteiger partial charge on any atom is -0.481 e. The van der Waals surface area contributed by atoms with Crippen LogP contribution in [0.5, 0.6) is 5.75 Å². The van der Waals surface area contributed by atoms with E-state index in [0.29, 0.717) is 22.1 Å². The molecule has 0 radical (unpaired) electrons. The van der Waals surface area contributed by atoms with E-state index < -0.39 is 16.1 Å². The molecule has 3 aromatic rings. The van der Waals surface area contributed by atoms with Gasteiger partial charge in [-0.15, -0.1) is 0 Å². The summed E-state index contributed by atoms with van der Waals surface area (Å²) in [6, 6.07) is 18.1. The molecule has 162 valence electrons. The van der Waals surface area contributed by atoms with E-state index >= 15 is 0 Å². The van der Waals surface area contributed by atoms with Crippen LogP contribution in [-0.4, -0.2) is 20.4 Å². The second-order valence-corrected chi connectivity index (χ2v) is 9.33. The van der Waals surface area contributed by atoms with Gasteiger partial charge in [-0.25, -0.2) is 8.42 Å². The van der Waals surface area contributed by atoms with Gasteiger partial charge in [-0.1, -0.05) is 23.7 Å². The Morgan fingerprint density at radius 3 is 2.19 bits per heavy atom. The molecule has 0 aliphatic carbocycles. The molecule has 2 N–H and O–H groups in total. The standard InChI is InChI=1S/C23H23ClN2O4S/c1-15-11-16(2)13-21(12-15)30-17(3)23(27)25-19-7-9-22(10-8-19)31(28,29)26-20-6-4-5-18(24)14-20/h4-14,17,26H,1-3H3,(H,25,27)/t17-/m1/s1. The number of hydrogen-bond acceptors (Lipinski definition) is 4. The van der Waals surface area contributed by atoms with Gasteiger partial charge in [0.2, 0.25) is 0 Å². The number of halogens is 1. The van der Waals surface area contributed by atoms with Crippen molar-refractivity contribution >= 4 is 38.9 Å². The Hall–Kier alpha value is -3.03. The molecule has 3 rings (SSSR count). The van der Waals surface area contributed by atoms with Crippen LogP contribution in [0, 0.1) is 13.8 Å². The first kappa shape index (κ1) is 22.7. The van der Waals surface area contributed by atoms with Crippen LogP contribution < -0.4 is 14.8 Å². The van der Waals surface area contributed by atoms with Gasteiger partial charge >= 0.3 is 0 Å². The van der Waals surface area contributed by atoms with Gasteiger partial charge in [0.05, 0.1) is 10.6 Å². The van der Waals surface area contributed by atoms with Crippen molar-refractivity contribution in [2.45, 2.75) is 31.8 Å². The summed E-state index contributed by atoms with van der Waals surface area (Å²) in [5.41, 5.74) is 2.92. The lowest BCUT2D eigenvalue weighted by Gasteiger charge is -2.16. The van der Waals surface area contributed by atoms with Crippen LogP contribution >= 0.6 is 11.6 Å². The predicted octanol–water partition coefficient (Wildman–Crippen LogP) is 5.16. The third-order valence-corrected chi connectivity index (χ3v) is 6.02. The Kier molecular flexibility index (Phi) is 6.87. The Morgan fingerprint density at radius 2 is 1.58 bits per heavy atom. The van der Waals surface area contributed by atoms with Gasteiger partial charge in [-0.2, -0.15) is 0 Å². The predicted molar refractivity (Wildman–Crippen MR) is 123 cm³/mol. The largest absolute Gasteiger partial charge is 0.481 e. The Morgan fingerprint density at radius 1 is 0.935 bits per heavy atom. The van der Waals surface area contributed by atoms with E-state index in [0.717, 1.165) is 11.1 Å². The van der Waals surface area contributed by atoms with Gasteiger partial charge in [-0.3, -0.25) is 9.52 Å². The third-order valence-electron chi connectivity index (χ3n) is 4.39. The molecule has 0 saturated carbocycles. The number of nitrogens with one attached hydrogen (secondary N) is 2. The average molecular weight is 459 g/mol. The van der Waals surface area contributed by atoms with E-state index in [1.807, 2.05) is 32.0 Å². The van der Waals surface area contributed by atoms with Crippen molar-refractivity contribution in [3.05, 3.63) is 82.9 Å². The van der Waals surface area contributed by atoms with Crippen LogP contribution in [0.4, 0.5) is 11.4 Å². The summed E-state index contributed by atoms with van der Waals surface area (Å²) < 4.78 is 33.3. The maximum atomic E-state index is 12.6. The van der Waals surface area contributed by atoms with E-state index in [9.17, 15) is 13.2 Å². The van der Waals surface area contributed by atoms with E-state index in [2.05, 4.69) is 10.0 Å². The molecule has 8 heteroatoms. The highest BCUT2D eigenvalue weighted by molar-refractivity contribution is 7.92. The number of benzene rings is 3. The lowest BCUT2D eigenvalue weighted by atomic mass is 10.1. The molecule has 0 bridgehead atoms. The zero-order valence-electron chi connectivity index (χ0n) is 17.3. The van der Waals surface area contributed by atoms with Crippen LogP contribution in [0.25, 0.3) is 0 Å². The molecule has 1 amide bonds. The van der Waals surface area contributed by atoms with Crippen molar-refractivity contribution in [3.8, 4) is 5.75 Å².